The number of aliphatic hydroxyl groups is 4. The van der Waals surface area contributed by atoms with Crippen molar-refractivity contribution in [2.24, 2.45) is 0 Å². The summed E-state index contributed by atoms with van der Waals surface area (Å²) in [5, 5.41) is 46.3. The van der Waals surface area contributed by atoms with Gasteiger partial charge in [-0.05, 0) is 12.8 Å². The zero-order valence-corrected chi connectivity index (χ0v) is 41.0. The normalized spacial score (nSPS) is 13.4. The van der Waals surface area contributed by atoms with Gasteiger partial charge in [-0.3, -0.25) is 0 Å². The van der Waals surface area contributed by atoms with E-state index in [2.05, 4.69) is 24.2 Å². The first-order valence-corrected chi connectivity index (χ1v) is 26.4. The van der Waals surface area contributed by atoms with Crippen LogP contribution in [0.15, 0.2) is 6.20 Å². The summed E-state index contributed by atoms with van der Waals surface area (Å²) in [4.78, 5) is 0. The molecule has 374 valence electrons. The molecular weight excluding hydrogens is 799 g/mol. The highest BCUT2D eigenvalue weighted by molar-refractivity contribution is 4.92. The molecule has 0 aliphatic carbocycles. The minimum Gasteiger partial charge on any atom is -0.394 e. The van der Waals surface area contributed by atoms with Gasteiger partial charge in [0.2, 0.25) is 0 Å². The lowest BCUT2D eigenvalue weighted by atomic mass is 10.0. The van der Waals surface area contributed by atoms with Crippen LogP contribution in [0.1, 0.15) is 231 Å². The first-order valence-electron chi connectivity index (χ1n) is 26.4. The van der Waals surface area contributed by atoms with Crippen molar-refractivity contribution in [3.8, 4) is 0 Å². The van der Waals surface area contributed by atoms with Crippen molar-refractivity contribution in [3.63, 3.8) is 0 Å². The highest BCUT2D eigenvalue weighted by Crippen LogP contribution is 2.16. The summed E-state index contributed by atoms with van der Waals surface area (Å²) in [6, 6.07) is -0.412. The molecule has 1 heterocycles. The predicted octanol–water partition coefficient (Wildman–Crippen LogP) is 11.0. The van der Waals surface area contributed by atoms with Crippen LogP contribution in [0.3, 0.4) is 0 Å². The maximum atomic E-state index is 9.70. The molecule has 0 aliphatic heterocycles. The van der Waals surface area contributed by atoms with Crippen molar-refractivity contribution >= 4 is 0 Å². The average molecular weight is 900 g/mol. The molecule has 0 fully saturated rings. The van der Waals surface area contributed by atoms with Crippen LogP contribution in [-0.2, 0) is 30.3 Å². The summed E-state index contributed by atoms with van der Waals surface area (Å²) in [5.41, 5.74) is 0.631. The average Bonchev–Trinajstić information content (AvgIpc) is 3.77. The molecule has 0 aromatic carbocycles. The van der Waals surface area contributed by atoms with Crippen molar-refractivity contribution < 1.29 is 44.1 Å². The molecule has 0 bridgehead atoms. The van der Waals surface area contributed by atoms with E-state index < -0.39 is 31.5 Å². The van der Waals surface area contributed by atoms with Gasteiger partial charge in [0.15, 0.2) is 0 Å². The number of ether oxygens (including phenoxy) is 5. The summed E-state index contributed by atoms with van der Waals surface area (Å²) in [7, 11) is 0. The van der Waals surface area contributed by atoms with Gasteiger partial charge in [0, 0.05) is 13.2 Å². The largest absolute Gasteiger partial charge is 0.394 e. The number of aromatic nitrogens is 3. The predicted molar refractivity (Wildman–Crippen MR) is 256 cm³/mol. The van der Waals surface area contributed by atoms with Crippen LogP contribution in [0, 0.1) is 0 Å². The van der Waals surface area contributed by atoms with Gasteiger partial charge in [0.05, 0.1) is 65.7 Å². The van der Waals surface area contributed by atoms with E-state index in [4.69, 9.17) is 33.9 Å². The Labute approximate surface area is 386 Å². The van der Waals surface area contributed by atoms with Crippen molar-refractivity contribution in [2.45, 2.75) is 250 Å². The van der Waals surface area contributed by atoms with Crippen molar-refractivity contribution in [2.75, 3.05) is 66.1 Å². The minimum atomic E-state index is -0.989. The zero-order valence-electron chi connectivity index (χ0n) is 41.0. The molecule has 12 nitrogen and oxygen atoms in total. The lowest BCUT2D eigenvalue weighted by molar-refractivity contribution is -0.0681. The Kier molecular flexibility index (Phi) is 44.9. The second-order valence-corrected chi connectivity index (χ2v) is 18.3. The van der Waals surface area contributed by atoms with Crippen LogP contribution < -0.4 is 0 Å². The van der Waals surface area contributed by atoms with Gasteiger partial charge in [0.1, 0.15) is 30.0 Å². The van der Waals surface area contributed by atoms with E-state index in [0.717, 1.165) is 12.8 Å². The molecule has 1 aromatic heterocycles. The van der Waals surface area contributed by atoms with Gasteiger partial charge in [0.25, 0.3) is 0 Å². The molecular formula is C51H101N3O9. The van der Waals surface area contributed by atoms with Gasteiger partial charge in [-0.25, -0.2) is 4.68 Å². The Hall–Kier alpha value is -1.22. The number of aliphatic hydroxyl groups excluding tert-OH is 4. The van der Waals surface area contributed by atoms with Crippen molar-refractivity contribution in [3.05, 3.63) is 11.9 Å². The lowest BCUT2D eigenvalue weighted by Crippen LogP contribution is -2.28. The fraction of sp³-hybridized carbons (Fsp3) is 0.961. The SMILES string of the molecule is CCCCCCCCCCCCCCCCCCOCC(COCCCCCCCCCCCCCCCCCC)OCc1cn(C(COCC(O)CO)COCC(O)CO)nn1. The highest BCUT2D eigenvalue weighted by Gasteiger charge is 2.18. The first-order chi connectivity index (χ1) is 31.0. The molecule has 12 heteroatoms. The molecule has 0 saturated carbocycles. The van der Waals surface area contributed by atoms with Gasteiger partial charge < -0.3 is 44.1 Å². The van der Waals surface area contributed by atoms with E-state index in [1.807, 2.05) is 0 Å². The monoisotopic (exact) mass is 900 g/mol. The summed E-state index contributed by atoms with van der Waals surface area (Å²) >= 11 is 0. The molecule has 1 rings (SSSR count). The molecule has 2 unspecified atom stereocenters. The first kappa shape index (κ1) is 59.8. The van der Waals surface area contributed by atoms with E-state index in [1.54, 1.807) is 10.9 Å². The Morgan fingerprint density at radius 3 is 1.11 bits per heavy atom. The third kappa shape index (κ3) is 39.6. The summed E-state index contributed by atoms with van der Waals surface area (Å²) in [6.07, 6.45) is 42.6. The summed E-state index contributed by atoms with van der Waals surface area (Å²) in [6.45, 7) is 6.52. The number of hydrogen-bond donors (Lipinski definition) is 4. The Balaban J connectivity index is 2.41. The van der Waals surface area contributed by atoms with Gasteiger partial charge in [-0.15, -0.1) is 5.10 Å². The second-order valence-electron chi connectivity index (χ2n) is 18.3. The molecule has 0 spiro atoms. The molecule has 2 atom stereocenters. The highest BCUT2D eigenvalue weighted by atomic mass is 16.6. The molecule has 0 amide bonds. The van der Waals surface area contributed by atoms with Gasteiger partial charge in [-0.1, -0.05) is 212 Å². The molecule has 0 aliphatic rings. The maximum Gasteiger partial charge on any atom is 0.108 e. The standard InChI is InChI=1S/C51H101N3O9/c1-3-5-7-9-11-13-15-17-19-21-23-25-27-29-31-33-35-59-45-51(46-60-36-34-32-30-28-26-24-22-20-18-16-14-12-10-8-6-4-2)63-40-47-37-54(53-52-47)48(41-61-43-49(57)38-55)42-62-44-50(58)39-56/h37,48-51,55-58H,3-36,38-46H2,1-2H3. The fourth-order valence-electron chi connectivity index (χ4n) is 7.83. The molecule has 0 radical (unpaired) electrons. The smallest absolute Gasteiger partial charge is 0.108 e. The van der Waals surface area contributed by atoms with Crippen molar-refractivity contribution in [1.29, 1.82) is 0 Å². The number of nitrogens with zero attached hydrogens (tertiary/aromatic N) is 3. The third-order valence-corrected chi connectivity index (χ3v) is 12.0. The maximum absolute atomic E-state index is 9.70. The zero-order chi connectivity index (χ0) is 45.5. The topological polar surface area (TPSA) is 158 Å². The molecule has 1 aromatic rings. The van der Waals surface area contributed by atoms with Gasteiger partial charge >= 0.3 is 0 Å². The molecule has 4 N–H and O–H groups in total. The number of unbranched alkanes of at least 4 members (excludes halogenated alkanes) is 30. The summed E-state index contributed by atoms with van der Waals surface area (Å²) in [5.74, 6) is 0. The van der Waals surface area contributed by atoms with E-state index in [9.17, 15) is 10.2 Å². The van der Waals surface area contributed by atoms with Crippen LogP contribution in [0.5, 0.6) is 0 Å². The van der Waals surface area contributed by atoms with E-state index in [-0.39, 0.29) is 39.1 Å². The molecule has 0 saturated heterocycles. The quantitative estimate of drug-likeness (QED) is 0.0461. The van der Waals surface area contributed by atoms with Crippen LogP contribution >= 0.6 is 0 Å². The number of hydrogen-bond acceptors (Lipinski definition) is 11. The second kappa shape index (κ2) is 47.3. The van der Waals surface area contributed by atoms with E-state index in [0.29, 0.717) is 32.1 Å². The Morgan fingerprint density at radius 2 is 0.778 bits per heavy atom. The summed E-state index contributed by atoms with van der Waals surface area (Å²) < 4.78 is 31.3. The van der Waals surface area contributed by atoms with Gasteiger partial charge in [-0.2, -0.15) is 0 Å². The van der Waals surface area contributed by atoms with Crippen LogP contribution in [-0.4, -0.2) is 120 Å². The van der Waals surface area contributed by atoms with E-state index in [1.165, 1.54) is 193 Å². The van der Waals surface area contributed by atoms with Crippen LogP contribution in [0.2, 0.25) is 0 Å². The fourth-order valence-corrected chi connectivity index (χ4v) is 7.83. The van der Waals surface area contributed by atoms with Crippen LogP contribution in [0.25, 0.3) is 0 Å². The Bertz CT molecular complexity index is 982. The lowest BCUT2D eigenvalue weighted by Gasteiger charge is -2.19. The molecule has 63 heavy (non-hydrogen) atoms. The minimum absolute atomic E-state index is 0.0442. The number of rotatable bonds is 52. The van der Waals surface area contributed by atoms with E-state index >= 15 is 0 Å². The van der Waals surface area contributed by atoms with Crippen LogP contribution in [0.4, 0.5) is 0 Å². The Morgan fingerprint density at radius 1 is 0.444 bits per heavy atom. The third-order valence-electron chi connectivity index (χ3n) is 12.0. The van der Waals surface area contributed by atoms with Crippen molar-refractivity contribution in [1.82, 2.24) is 15.0 Å².